The maximum Gasteiger partial charge on any atom is 0.0720 e. The lowest BCUT2D eigenvalue weighted by molar-refractivity contribution is 0.128. The van der Waals surface area contributed by atoms with E-state index in [0.29, 0.717) is 0 Å². The van der Waals surface area contributed by atoms with Crippen molar-refractivity contribution in [1.29, 1.82) is 0 Å². The predicted molar refractivity (Wildman–Crippen MR) is 67.5 cm³/mol. The summed E-state index contributed by atoms with van der Waals surface area (Å²) in [6, 6.07) is 0. The second-order valence-corrected chi connectivity index (χ2v) is 4.55. The van der Waals surface area contributed by atoms with Crippen molar-refractivity contribution in [2.24, 2.45) is 0 Å². The van der Waals surface area contributed by atoms with Gasteiger partial charge in [-0.1, -0.05) is 24.3 Å². The maximum absolute atomic E-state index is 5.72. The molecule has 0 bridgehead atoms. The molecule has 0 aromatic carbocycles. The summed E-state index contributed by atoms with van der Waals surface area (Å²) in [6.07, 6.45) is 12.4. The van der Waals surface area contributed by atoms with Crippen LogP contribution in [0.4, 0.5) is 0 Å². The molecule has 88 valence electrons. The van der Waals surface area contributed by atoms with Gasteiger partial charge in [0.15, 0.2) is 0 Å². The van der Waals surface area contributed by atoms with Gasteiger partial charge in [-0.3, -0.25) is 0 Å². The molecule has 2 rings (SSSR count). The lowest BCUT2D eigenvalue weighted by Gasteiger charge is -2.19. The van der Waals surface area contributed by atoms with Crippen LogP contribution in [0, 0.1) is 0 Å². The number of nitrogens with zero attached hydrogens (tertiary/aromatic N) is 1. The first-order valence-corrected chi connectivity index (χ1v) is 6.17. The molecular formula is C14H21NO. The molecule has 0 fully saturated rings. The molecule has 16 heavy (non-hydrogen) atoms. The summed E-state index contributed by atoms with van der Waals surface area (Å²) in [6.45, 7) is 3.81. The molecule has 2 heteroatoms. The van der Waals surface area contributed by atoms with Gasteiger partial charge in [-0.25, -0.2) is 0 Å². The van der Waals surface area contributed by atoms with E-state index in [1.54, 1.807) is 0 Å². The van der Waals surface area contributed by atoms with E-state index < -0.39 is 0 Å². The number of rotatable bonds is 0. The Labute approximate surface area is 98.3 Å². The third-order valence-electron chi connectivity index (χ3n) is 3.18. The zero-order valence-electron chi connectivity index (χ0n) is 10.1. The lowest BCUT2D eigenvalue weighted by atomic mass is 10.0. The van der Waals surface area contributed by atoms with Gasteiger partial charge in [0.1, 0.15) is 0 Å². The van der Waals surface area contributed by atoms with Crippen LogP contribution < -0.4 is 0 Å². The Bertz CT molecular complexity index is 315. The topological polar surface area (TPSA) is 12.5 Å². The Morgan fingerprint density at radius 3 is 2.81 bits per heavy atom. The van der Waals surface area contributed by atoms with E-state index >= 15 is 0 Å². The molecule has 0 N–H and O–H groups in total. The van der Waals surface area contributed by atoms with Crippen molar-refractivity contribution in [3.63, 3.8) is 0 Å². The highest BCUT2D eigenvalue weighted by molar-refractivity contribution is 5.36. The summed E-state index contributed by atoms with van der Waals surface area (Å²) in [4.78, 5) is 2.35. The molecule has 2 aliphatic rings. The van der Waals surface area contributed by atoms with E-state index in [0.717, 1.165) is 32.7 Å². The minimum atomic E-state index is 0.768. The van der Waals surface area contributed by atoms with Crippen LogP contribution in [0.3, 0.4) is 0 Å². The van der Waals surface area contributed by atoms with E-state index in [4.69, 9.17) is 4.74 Å². The molecule has 2 nitrogen and oxygen atoms in total. The SMILES string of the molecule is CN1CCCC2=C(C=CCC=C2)COCC1. The van der Waals surface area contributed by atoms with Crippen LogP contribution in [-0.2, 0) is 4.74 Å². The van der Waals surface area contributed by atoms with Crippen LogP contribution in [0.1, 0.15) is 19.3 Å². The molecule has 0 saturated heterocycles. The first kappa shape index (κ1) is 11.6. The molecule has 0 amide bonds. The van der Waals surface area contributed by atoms with Gasteiger partial charge in [0, 0.05) is 6.54 Å². The minimum Gasteiger partial charge on any atom is -0.375 e. The molecule has 0 aromatic rings. The Hall–Kier alpha value is -0.860. The van der Waals surface area contributed by atoms with Crippen LogP contribution in [0.2, 0.25) is 0 Å². The molecule has 0 radical (unpaired) electrons. The normalized spacial score (nSPS) is 24.1. The van der Waals surface area contributed by atoms with Crippen molar-refractivity contribution in [3.8, 4) is 0 Å². The van der Waals surface area contributed by atoms with E-state index in [1.165, 1.54) is 24.0 Å². The van der Waals surface area contributed by atoms with Gasteiger partial charge < -0.3 is 9.64 Å². The fourth-order valence-corrected chi connectivity index (χ4v) is 2.15. The van der Waals surface area contributed by atoms with Gasteiger partial charge in [0.25, 0.3) is 0 Å². The molecule has 0 atom stereocenters. The summed E-state index contributed by atoms with van der Waals surface area (Å²) in [5, 5.41) is 0. The lowest BCUT2D eigenvalue weighted by Crippen LogP contribution is -2.25. The van der Waals surface area contributed by atoms with Crippen molar-refractivity contribution >= 4 is 0 Å². The first-order chi connectivity index (χ1) is 7.86. The molecule has 1 aliphatic carbocycles. The maximum atomic E-state index is 5.72. The van der Waals surface area contributed by atoms with Gasteiger partial charge >= 0.3 is 0 Å². The number of hydrogen-bond donors (Lipinski definition) is 0. The number of ether oxygens (including phenoxy) is 1. The minimum absolute atomic E-state index is 0.768. The highest BCUT2D eigenvalue weighted by atomic mass is 16.5. The summed E-state index contributed by atoms with van der Waals surface area (Å²) in [5.74, 6) is 0. The molecule has 0 unspecified atom stereocenters. The number of hydrogen-bond acceptors (Lipinski definition) is 2. The highest BCUT2D eigenvalue weighted by Gasteiger charge is 2.08. The molecular weight excluding hydrogens is 198 g/mol. The predicted octanol–water partition coefficient (Wildman–Crippen LogP) is 2.54. The number of likely N-dealkylation sites (N-methyl/N-ethyl adjacent to an activating group) is 1. The van der Waals surface area contributed by atoms with Crippen LogP contribution in [0.15, 0.2) is 35.5 Å². The average Bonchev–Trinajstić information content (AvgIpc) is 2.50. The smallest absolute Gasteiger partial charge is 0.0720 e. The van der Waals surface area contributed by atoms with Crippen molar-refractivity contribution in [2.75, 3.05) is 33.4 Å². The third kappa shape index (κ3) is 3.32. The fourth-order valence-electron chi connectivity index (χ4n) is 2.15. The van der Waals surface area contributed by atoms with Gasteiger partial charge in [-0.05, 0) is 44.0 Å². The second-order valence-electron chi connectivity index (χ2n) is 4.55. The monoisotopic (exact) mass is 219 g/mol. The Kier molecular flexibility index (Phi) is 4.37. The van der Waals surface area contributed by atoms with Crippen molar-refractivity contribution in [3.05, 3.63) is 35.5 Å². The summed E-state index contributed by atoms with van der Waals surface area (Å²) < 4.78 is 5.72. The van der Waals surface area contributed by atoms with Gasteiger partial charge in [-0.15, -0.1) is 0 Å². The Balaban J connectivity index is 2.09. The second kappa shape index (κ2) is 6.02. The van der Waals surface area contributed by atoms with Gasteiger partial charge in [-0.2, -0.15) is 0 Å². The van der Waals surface area contributed by atoms with E-state index in [2.05, 4.69) is 36.3 Å². The average molecular weight is 219 g/mol. The Morgan fingerprint density at radius 1 is 1.12 bits per heavy atom. The molecule has 1 heterocycles. The van der Waals surface area contributed by atoms with Crippen LogP contribution in [0.5, 0.6) is 0 Å². The zero-order chi connectivity index (χ0) is 11.2. The fraction of sp³-hybridized carbons (Fsp3) is 0.571. The molecule has 1 aliphatic heterocycles. The Morgan fingerprint density at radius 2 is 1.94 bits per heavy atom. The van der Waals surface area contributed by atoms with Crippen molar-refractivity contribution < 1.29 is 4.74 Å². The van der Waals surface area contributed by atoms with Crippen LogP contribution in [0.25, 0.3) is 0 Å². The van der Waals surface area contributed by atoms with Gasteiger partial charge in [0.05, 0.1) is 13.2 Å². The summed E-state index contributed by atoms with van der Waals surface area (Å²) in [7, 11) is 2.17. The zero-order valence-corrected chi connectivity index (χ0v) is 10.1. The van der Waals surface area contributed by atoms with Crippen LogP contribution in [-0.4, -0.2) is 38.3 Å². The quantitative estimate of drug-likeness (QED) is 0.621. The van der Waals surface area contributed by atoms with Gasteiger partial charge in [0.2, 0.25) is 0 Å². The van der Waals surface area contributed by atoms with E-state index in [9.17, 15) is 0 Å². The summed E-state index contributed by atoms with van der Waals surface area (Å²) >= 11 is 0. The van der Waals surface area contributed by atoms with E-state index in [-0.39, 0.29) is 0 Å². The third-order valence-corrected chi connectivity index (χ3v) is 3.18. The largest absolute Gasteiger partial charge is 0.375 e. The van der Waals surface area contributed by atoms with Crippen molar-refractivity contribution in [1.82, 2.24) is 4.90 Å². The summed E-state index contributed by atoms with van der Waals surface area (Å²) in [5.41, 5.74) is 2.84. The van der Waals surface area contributed by atoms with E-state index in [1.807, 2.05) is 0 Å². The molecule has 0 aromatic heterocycles. The number of allylic oxidation sites excluding steroid dienone is 4. The first-order valence-electron chi connectivity index (χ1n) is 6.17. The highest BCUT2D eigenvalue weighted by Crippen LogP contribution is 2.19. The van der Waals surface area contributed by atoms with Crippen molar-refractivity contribution in [2.45, 2.75) is 19.3 Å². The molecule has 0 spiro atoms. The standard InChI is InChI=1S/C14H21NO/c1-15-9-5-8-13-6-3-2-4-7-14(13)12-16-11-10-15/h3-4,6-7H,2,5,8-12H2,1H3. The molecule has 0 saturated carbocycles. The van der Waals surface area contributed by atoms with Crippen LogP contribution >= 0.6 is 0 Å².